The Morgan fingerprint density at radius 1 is 1.08 bits per heavy atom. The molecule has 1 fully saturated rings. The van der Waals surface area contributed by atoms with Gasteiger partial charge in [-0.25, -0.2) is 0 Å². The second-order valence-electron chi connectivity index (χ2n) is 10.2. The van der Waals surface area contributed by atoms with Crippen molar-refractivity contribution in [2.24, 2.45) is 5.73 Å². The van der Waals surface area contributed by atoms with E-state index in [0.717, 1.165) is 0 Å². The maximum atomic E-state index is 13.7. The summed E-state index contributed by atoms with van der Waals surface area (Å²) in [6.45, 7) is 3.25. The van der Waals surface area contributed by atoms with Crippen LogP contribution in [0.5, 0.6) is 17.2 Å². The minimum Gasteiger partial charge on any atom is -0.507 e. The van der Waals surface area contributed by atoms with Gasteiger partial charge >= 0.3 is 0 Å². The van der Waals surface area contributed by atoms with Crippen LogP contribution in [0.15, 0.2) is 18.2 Å². The molecule has 11 heteroatoms. The zero-order chi connectivity index (χ0) is 27.7. The van der Waals surface area contributed by atoms with Gasteiger partial charge in [0.2, 0.25) is 5.78 Å². The number of ketones is 2. The molecule has 0 bridgehead atoms. The molecule has 0 spiro atoms. The number of aliphatic hydroxyl groups is 3. The molecule has 1 saturated heterocycles. The molecular weight excluding hydrogens is 498 g/mol. The van der Waals surface area contributed by atoms with Gasteiger partial charge in [0.05, 0.1) is 47.7 Å². The van der Waals surface area contributed by atoms with Crippen LogP contribution in [0.4, 0.5) is 0 Å². The van der Waals surface area contributed by atoms with E-state index in [2.05, 4.69) is 0 Å². The summed E-state index contributed by atoms with van der Waals surface area (Å²) in [6.07, 6.45) is -5.53. The number of fused-ring (bicyclic) bond motifs is 3. The highest BCUT2D eigenvalue weighted by Crippen LogP contribution is 2.56. The van der Waals surface area contributed by atoms with E-state index in [1.54, 1.807) is 13.8 Å². The third-order valence-corrected chi connectivity index (χ3v) is 8.02. The fraction of sp³-hybridized carbons (Fsp3) is 0.481. The third kappa shape index (κ3) is 3.73. The number of phenolic OH excluding ortho intramolecular Hbond substituents is 2. The van der Waals surface area contributed by atoms with Crippen molar-refractivity contribution in [3.05, 3.63) is 51.6 Å². The van der Waals surface area contributed by atoms with Crippen LogP contribution in [0.3, 0.4) is 0 Å². The molecule has 204 valence electrons. The summed E-state index contributed by atoms with van der Waals surface area (Å²) in [5.74, 6) is -2.76. The van der Waals surface area contributed by atoms with Gasteiger partial charge in [-0.2, -0.15) is 0 Å². The highest BCUT2D eigenvalue weighted by molar-refractivity contribution is 6.31. The maximum Gasteiger partial charge on any atom is 0.202 e. The van der Waals surface area contributed by atoms with Crippen LogP contribution < -0.4 is 10.5 Å². The largest absolute Gasteiger partial charge is 0.507 e. The predicted octanol–water partition coefficient (Wildman–Crippen LogP) is 1.34. The monoisotopic (exact) mass is 529 g/mol. The van der Waals surface area contributed by atoms with Crippen molar-refractivity contribution in [3.63, 3.8) is 0 Å². The van der Waals surface area contributed by atoms with Gasteiger partial charge in [0.15, 0.2) is 12.1 Å². The number of aliphatic hydroxyl groups excluding tert-OH is 2. The van der Waals surface area contributed by atoms with Gasteiger partial charge in [0.25, 0.3) is 0 Å². The number of methoxy groups -OCH3 is 1. The molecule has 3 aliphatic rings. The quantitative estimate of drug-likeness (QED) is 0.268. The van der Waals surface area contributed by atoms with Crippen molar-refractivity contribution in [1.82, 2.24) is 0 Å². The van der Waals surface area contributed by atoms with Gasteiger partial charge in [-0.1, -0.05) is 19.1 Å². The number of carbonyl (C=O) groups is 2. The predicted molar refractivity (Wildman–Crippen MR) is 131 cm³/mol. The van der Waals surface area contributed by atoms with E-state index in [0.29, 0.717) is 0 Å². The van der Waals surface area contributed by atoms with Crippen LogP contribution in [0.1, 0.15) is 88.3 Å². The third-order valence-electron chi connectivity index (χ3n) is 8.02. The van der Waals surface area contributed by atoms with Gasteiger partial charge in [-0.3, -0.25) is 9.59 Å². The van der Waals surface area contributed by atoms with Crippen LogP contribution in [-0.4, -0.2) is 74.3 Å². The van der Waals surface area contributed by atoms with Gasteiger partial charge < -0.3 is 45.5 Å². The molecule has 2 aromatic carbocycles. The van der Waals surface area contributed by atoms with Gasteiger partial charge in [-0.05, 0) is 19.4 Å². The Kier molecular flexibility index (Phi) is 6.49. The van der Waals surface area contributed by atoms with Crippen LogP contribution in [0, 0.1) is 0 Å². The summed E-state index contributed by atoms with van der Waals surface area (Å²) in [7, 11) is 1.34. The molecule has 38 heavy (non-hydrogen) atoms. The van der Waals surface area contributed by atoms with E-state index >= 15 is 0 Å². The lowest BCUT2D eigenvalue weighted by atomic mass is 9.70. The Morgan fingerprint density at radius 3 is 2.37 bits per heavy atom. The molecule has 0 amide bonds. The number of hydrogen-bond donors (Lipinski definition) is 6. The average Bonchev–Trinajstić information content (AvgIpc) is 2.89. The normalized spacial score (nSPS) is 32.4. The highest BCUT2D eigenvalue weighted by atomic mass is 16.7. The Hall–Kier alpha value is -3.06. The summed E-state index contributed by atoms with van der Waals surface area (Å²) in [5.41, 5.74) is 2.77. The van der Waals surface area contributed by atoms with E-state index in [1.807, 2.05) is 0 Å². The van der Waals surface area contributed by atoms with Crippen LogP contribution >= 0.6 is 0 Å². The first-order valence-electron chi connectivity index (χ1n) is 12.5. The van der Waals surface area contributed by atoms with Crippen molar-refractivity contribution in [2.75, 3.05) is 7.11 Å². The van der Waals surface area contributed by atoms with E-state index in [1.165, 1.54) is 25.3 Å². The number of ether oxygens (including phenoxy) is 3. The summed E-state index contributed by atoms with van der Waals surface area (Å²) in [6, 6.07) is 3.75. The second kappa shape index (κ2) is 9.30. The molecule has 2 aliphatic carbocycles. The zero-order valence-corrected chi connectivity index (χ0v) is 21.2. The average molecular weight is 530 g/mol. The Labute approximate surface area is 218 Å². The minimum atomic E-state index is -1.80. The minimum absolute atomic E-state index is 0.0301. The summed E-state index contributed by atoms with van der Waals surface area (Å²) in [4.78, 5) is 27.2. The Bertz CT molecular complexity index is 1310. The van der Waals surface area contributed by atoms with E-state index in [4.69, 9.17) is 19.9 Å². The molecule has 7 unspecified atom stereocenters. The molecule has 0 saturated carbocycles. The molecule has 1 aliphatic heterocycles. The lowest BCUT2D eigenvalue weighted by Crippen LogP contribution is -2.52. The second-order valence-corrected chi connectivity index (χ2v) is 10.2. The first kappa shape index (κ1) is 26.5. The van der Waals surface area contributed by atoms with Crippen molar-refractivity contribution < 1.29 is 49.3 Å². The molecule has 11 nitrogen and oxygen atoms in total. The standard InChI is InChI=1S/C27H31NO10/c1-4-27(35)9-14(38-15-8-12(28)21(29)10(2)37-15)17-20(26(27)34)25(33)18-19(24(17)32)23(31)16-11(22(18)30)6-5-7-13(16)36-3/h5-7,10,12,14-15,21,26,29,32-35H,4,8-9,28H2,1-3H3. The lowest BCUT2D eigenvalue weighted by molar-refractivity contribution is -0.252. The highest BCUT2D eigenvalue weighted by Gasteiger charge is 2.51. The lowest BCUT2D eigenvalue weighted by Gasteiger charge is -2.44. The molecule has 7 N–H and O–H groups in total. The fourth-order valence-corrected chi connectivity index (χ4v) is 5.80. The van der Waals surface area contributed by atoms with Crippen LogP contribution in [-0.2, 0) is 9.47 Å². The van der Waals surface area contributed by atoms with Crippen LogP contribution in [0.2, 0.25) is 0 Å². The van der Waals surface area contributed by atoms with Crippen molar-refractivity contribution in [1.29, 1.82) is 0 Å². The van der Waals surface area contributed by atoms with Crippen molar-refractivity contribution in [2.45, 2.75) is 75.5 Å². The maximum absolute atomic E-state index is 13.7. The number of hydrogen-bond acceptors (Lipinski definition) is 11. The van der Waals surface area contributed by atoms with Gasteiger partial charge in [-0.15, -0.1) is 0 Å². The molecular formula is C27H31NO10. The zero-order valence-electron chi connectivity index (χ0n) is 21.2. The molecule has 0 aromatic heterocycles. The fourth-order valence-electron chi connectivity index (χ4n) is 5.80. The van der Waals surface area contributed by atoms with Crippen molar-refractivity contribution >= 4 is 11.6 Å². The van der Waals surface area contributed by atoms with E-state index < -0.39 is 76.5 Å². The number of nitrogens with two attached hydrogens (primary N) is 1. The molecule has 0 radical (unpaired) electrons. The molecule has 5 rings (SSSR count). The van der Waals surface area contributed by atoms with Gasteiger partial charge in [0, 0.05) is 35.6 Å². The molecule has 1 heterocycles. The number of carbonyl (C=O) groups excluding carboxylic acids is 2. The summed E-state index contributed by atoms with van der Waals surface area (Å²) in [5, 5.41) is 55.5. The SMILES string of the molecule is CCC1(O)CC(OC2CC(N)C(O)C(C)O2)c2c(O)c3c(c(O)c2C1O)C(=O)c1cccc(OC)c1C3=O. The van der Waals surface area contributed by atoms with Crippen molar-refractivity contribution in [3.8, 4) is 17.2 Å². The molecule has 7 atom stereocenters. The Morgan fingerprint density at radius 2 is 1.74 bits per heavy atom. The Balaban J connectivity index is 1.70. The topological polar surface area (TPSA) is 189 Å². The summed E-state index contributed by atoms with van der Waals surface area (Å²) >= 11 is 0. The van der Waals surface area contributed by atoms with Crippen LogP contribution in [0.25, 0.3) is 0 Å². The van der Waals surface area contributed by atoms with E-state index in [9.17, 15) is 35.1 Å². The summed E-state index contributed by atoms with van der Waals surface area (Å²) < 4.78 is 17.1. The van der Waals surface area contributed by atoms with E-state index in [-0.39, 0.29) is 47.3 Å². The first-order chi connectivity index (χ1) is 17.9. The smallest absolute Gasteiger partial charge is 0.202 e. The number of benzene rings is 2. The number of rotatable bonds is 4. The first-order valence-corrected chi connectivity index (χ1v) is 12.5. The number of aromatic hydroxyl groups is 2. The molecule has 2 aromatic rings. The number of phenols is 2. The van der Waals surface area contributed by atoms with Gasteiger partial charge in [0.1, 0.15) is 23.4 Å².